The van der Waals surface area contributed by atoms with Crippen LogP contribution >= 0.6 is 0 Å². The summed E-state index contributed by atoms with van der Waals surface area (Å²) in [6.07, 6.45) is 4.16. The smallest absolute Gasteiger partial charge is 0.100 e. The molecule has 14 heavy (non-hydrogen) atoms. The van der Waals surface area contributed by atoms with Crippen LogP contribution in [0.2, 0.25) is 0 Å². The zero-order chi connectivity index (χ0) is 10.4. The molecule has 0 atom stereocenters. The van der Waals surface area contributed by atoms with E-state index in [2.05, 4.69) is 33.8 Å². The fourth-order valence-corrected chi connectivity index (χ4v) is 1.46. The maximum atomic E-state index is 4.13. The normalized spacial score (nSPS) is 19.1. The quantitative estimate of drug-likeness (QED) is 0.683. The van der Waals surface area contributed by atoms with Gasteiger partial charge in [-0.2, -0.15) is 0 Å². The third kappa shape index (κ3) is 3.03. The maximum absolute atomic E-state index is 4.13. The number of hydrogen-bond donors (Lipinski definition) is 2. The van der Waals surface area contributed by atoms with Crippen LogP contribution in [0, 0.1) is 0 Å². The largest absolute Gasteiger partial charge is 0.375 e. The van der Waals surface area contributed by atoms with Crippen molar-refractivity contribution in [3.63, 3.8) is 0 Å². The minimum atomic E-state index is 1.02. The summed E-state index contributed by atoms with van der Waals surface area (Å²) < 4.78 is 0. The number of amidine groups is 1. The molecule has 0 saturated carbocycles. The summed E-state index contributed by atoms with van der Waals surface area (Å²) in [6.45, 7) is 2.06. The first-order chi connectivity index (χ1) is 6.77. The molecule has 0 amide bonds. The molecule has 1 aliphatic rings. The molecule has 0 aliphatic carbocycles. The van der Waals surface area contributed by atoms with Crippen LogP contribution in [-0.4, -0.2) is 45.0 Å². The second kappa shape index (κ2) is 5.65. The molecule has 0 aromatic rings. The van der Waals surface area contributed by atoms with Crippen LogP contribution in [-0.2, 0) is 0 Å². The fraction of sp³-hybridized carbons (Fsp3) is 0.700. The van der Waals surface area contributed by atoms with Crippen LogP contribution < -0.4 is 10.6 Å². The molecule has 0 bridgehead atoms. The van der Waals surface area contributed by atoms with Gasteiger partial charge in [-0.25, -0.2) is 0 Å². The fourth-order valence-electron chi connectivity index (χ4n) is 1.46. The van der Waals surface area contributed by atoms with Gasteiger partial charge in [-0.1, -0.05) is 0 Å². The highest BCUT2D eigenvalue weighted by atomic mass is 15.1. The van der Waals surface area contributed by atoms with Crippen molar-refractivity contribution in [2.75, 3.05) is 34.2 Å². The lowest BCUT2D eigenvalue weighted by atomic mass is 10.1. The first-order valence-electron chi connectivity index (χ1n) is 5.05. The number of nitrogens with one attached hydrogen (secondary N) is 2. The van der Waals surface area contributed by atoms with E-state index in [0.29, 0.717) is 0 Å². The van der Waals surface area contributed by atoms with Crippen molar-refractivity contribution in [3.8, 4) is 0 Å². The first-order valence-corrected chi connectivity index (χ1v) is 5.05. The number of rotatable bonds is 4. The highest BCUT2D eigenvalue weighted by molar-refractivity contribution is 5.84. The van der Waals surface area contributed by atoms with E-state index in [0.717, 1.165) is 31.8 Å². The van der Waals surface area contributed by atoms with E-state index in [1.165, 1.54) is 5.70 Å². The Kier molecular flexibility index (Phi) is 4.46. The average Bonchev–Trinajstić information content (AvgIpc) is 2.26. The Labute approximate surface area is 86.1 Å². The molecule has 0 aromatic carbocycles. The molecule has 0 fully saturated rings. The van der Waals surface area contributed by atoms with Gasteiger partial charge in [-0.05, 0) is 13.5 Å². The summed E-state index contributed by atoms with van der Waals surface area (Å²) in [5.41, 5.74) is 1.35. The summed E-state index contributed by atoms with van der Waals surface area (Å²) in [5, 5.41) is 6.35. The molecule has 1 heterocycles. The third-order valence-electron chi connectivity index (χ3n) is 2.48. The van der Waals surface area contributed by atoms with Gasteiger partial charge in [-0.3, -0.25) is 4.99 Å². The van der Waals surface area contributed by atoms with E-state index in [9.17, 15) is 0 Å². The Morgan fingerprint density at radius 2 is 2.36 bits per heavy atom. The van der Waals surface area contributed by atoms with Crippen LogP contribution in [0.1, 0.15) is 12.8 Å². The van der Waals surface area contributed by atoms with Gasteiger partial charge in [0, 0.05) is 45.5 Å². The Morgan fingerprint density at radius 3 is 2.86 bits per heavy atom. The Hall–Kier alpha value is -1.03. The topological polar surface area (TPSA) is 39.7 Å². The highest BCUT2D eigenvalue weighted by Gasteiger charge is 2.10. The molecular formula is C10H20N4. The van der Waals surface area contributed by atoms with E-state index in [1.54, 1.807) is 0 Å². The van der Waals surface area contributed by atoms with Gasteiger partial charge >= 0.3 is 0 Å². The molecule has 2 N–H and O–H groups in total. The second-order valence-corrected chi connectivity index (χ2v) is 3.48. The Bertz CT molecular complexity index is 232. The second-order valence-electron chi connectivity index (χ2n) is 3.48. The van der Waals surface area contributed by atoms with Crippen molar-refractivity contribution in [1.29, 1.82) is 0 Å². The van der Waals surface area contributed by atoms with E-state index in [4.69, 9.17) is 0 Å². The van der Waals surface area contributed by atoms with Gasteiger partial charge in [0.15, 0.2) is 0 Å². The summed E-state index contributed by atoms with van der Waals surface area (Å²) >= 11 is 0. The van der Waals surface area contributed by atoms with Crippen LogP contribution in [0.25, 0.3) is 0 Å². The molecule has 0 aromatic heterocycles. The predicted octanol–water partition coefficient (Wildman–Crippen LogP) is 0.391. The van der Waals surface area contributed by atoms with E-state index in [-0.39, 0.29) is 0 Å². The number of nitrogens with zero attached hydrogens (tertiary/aromatic N) is 2. The van der Waals surface area contributed by atoms with Crippen molar-refractivity contribution in [2.45, 2.75) is 12.8 Å². The summed E-state index contributed by atoms with van der Waals surface area (Å²) in [7, 11) is 5.92. The molecule has 0 unspecified atom stereocenters. The average molecular weight is 196 g/mol. The Morgan fingerprint density at radius 1 is 1.57 bits per heavy atom. The Balaban J connectivity index is 2.42. The minimum absolute atomic E-state index is 1.02. The van der Waals surface area contributed by atoms with Gasteiger partial charge < -0.3 is 15.5 Å². The standard InChI is InChI=1S/C10H20N4/c1-11-6-7-14(3)9-4-5-10(12-2)13-8-9/h8,11H,4-7H2,1-3H3,(H,12,13). The summed E-state index contributed by atoms with van der Waals surface area (Å²) in [6, 6.07) is 0. The molecule has 0 saturated heterocycles. The van der Waals surface area contributed by atoms with E-state index < -0.39 is 0 Å². The monoisotopic (exact) mass is 196 g/mol. The molecule has 4 heteroatoms. The molecule has 0 spiro atoms. The predicted molar refractivity (Wildman–Crippen MR) is 60.4 cm³/mol. The molecule has 1 aliphatic heterocycles. The van der Waals surface area contributed by atoms with Crippen molar-refractivity contribution in [1.82, 2.24) is 15.5 Å². The number of allylic oxidation sites excluding steroid dienone is 1. The first kappa shape index (κ1) is 11.0. The van der Waals surface area contributed by atoms with Crippen LogP contribution in [0.15, 0.2) is 16.9 Å². The van der Waals surface area contributed by atoms with Crippen LogP contribution in [0.3, 0.4) is 0 Å². The van der Waals surface area contributed by atoms with Crippen LogP contribution in [0.4, 0.5) is 0 Å². The number of likely N-dealkylation sites (N-methyl/N-ethyl adjacent to an activating group) is 2. The zero-order valence-electron chi connectivity index (χ0n) is 9.30. The lowest BCUT2D eigenvalue weighted by Crippen LogP contribution is -2.32. The van der Waals surface area contributed by atoms with Crippen molar-refractivity contribution < 1.29 is 0 Å². The highest BCUT2D eigenvalue weighted by Crippen LogP contribution is 2.12. The molecule has 0 radical (unpaired) electrons. The van der Waals surface area contributed by atoms with E-state index >= 15 is 0 Å². The minimum Gasteiger partial charge on any atom is -0.375 e. The van der Waals surface area contributed by atoms with Gasteiger partial charge in [0.05, 0.1) is 0 Å². The van der Waals surface area contributed by atoms with E-state index in [1.807, 2.05) is 14.1 Å². The van der Waals surface area contributed by atoms with Gasteiger partial charge in [-0.15, -0.1) is 0 Å². The van der Waals surface area contributed by atoms with Gasteiger partial charge in [0.25, 0.3) is 0 Å². The molecule has 1 rings (SSSR count). The lowest BCUT2D eigenvalue weighted by Gasteiger charge is -2.26. The summed E-state index contributed by atoms with van der Waals surface area (Å²) in [4.78, 5) is 6.41. The number of aliphatic imine (C=N–C) groups is 1. The van der Waals surface area contributed by atoms with Crippen molar-refractivity contribution >= 4 is 5.84 Å². The number of hydrogen-bond acceptors (Lipinski definition) is 3. The van der Waals surface area contributed by atoms with Crippen LogP contribution in [0.5, 0.6) is 0 Å². The van der Waals surface area contributed by atoms with Crippen molar-refractivity contribution in [3.05, 3.63) is 11.9 Å². The molecule has 80 valence electrons. The molecule has 4 nitrogen and oxygen atoms in total. The molecular weight excluding hydrogens is 176 g/mol. The maximum Gasteiger partial charge on any atom is 0.100 e. The van der Waals surface area contributed by atoms with Gasteiger partial charge in [0.2, 0.25) is 0 Å². The zero-order valence-corrected chi connectivity index (χ0v) is 9.30. The summed E-state index contributed by atoms with van der Waals surface area (Å²) in [5.74, 6) is 1.08. The lowest BCUT2D eigenvalue weighted by molar-refractivity contribution is 0.396. The van der Waals surface area contributed by atoms with Crippen molar-refractivity contribution in [2.24, 2.45) is 4.99 Å². The third-order valence-corrected chi connectivity index (χ3v) is 2.48. The SMILES string of the molecule is CN=C1CCC(N(C)CCNC)=CN1. The van der Waals surface area contributed by atoms with Gasteiger partial charge in [0.1, 0.15) is 5.84 Å².